The molecule has 144 valence electrons. The number of hydrogen-bond acceptors (Lipinski definition) is 4. The summed E-state index contributed by atoms with van der Waals surface area (Å²) in [5, 5.41) is 9.30. The number of carbonyl (C=O) groups excluding carboxylic acids is 2. The fourth-order valence-electron chi connectivity index (χ4n) is 2.49. The van der Waals surface area contributed by atoms with Crippen molar-refractivity contribution < 1.29 is 9.59 Å². The number of nitrogens with zero attached hydrogens (tertiary/aromatic N) is 1. The van der Waals surface area contributed by atoms with Gasteiger partial charge in [0.1, 0.15) is 4.88 Å². The van der Waals surface area contributed by atoms with E-state index in [9.17, 15) is 9.59 Å². The second-order valence-electron chi connectivity index (χ2n) is 6.01. The molecule has 0 aliphatic carbocycles. The zero-order chi connectivity index (χ0) is 19.9. The molecule has 3 amide bonds. The molecule has 0 bridgehead atoms. The van der Waals surface area contributed by atoms with Gasteiger partial charge in [0.25, 0.3) is 5.91 Å². The first-order valence-corrected chi connectivity index (χ1v) is 9.84. The molecule has 28 heavy (non-hydrogen) atoms. The lowest BCUT2D eigenvalue weighted by molar-refractivity contribution is 0.0957. The quantitative estimate of drug-likeness (QED) is 0.545. The first-order chi connectivity index (χ1) is 13.5. The summed E-state index contributed by atoms with van der Waals surface area (Å²) in [6, 6.07) is 16.2. The van der Waals surface area contributed by atoms with Crippen LogP contribution in [0.3, 0.4) is 0 Å². The molecule has 0 unspecified atom stereocenters. The summed E-state index contributed by atoms with van der Waals surface area (Å²) in [6.07, 6.45) is 0.700. The van der Waals surface area contributed by atoms with Crippen LogP contribution in [-0.2, 0) is 6.42 Å². The predicted octanol–water partition coefficient (Wildman–Crippen LogP) is 4.72. The lowest BCUT2D eigenvalue weighted by atomic mass is 10.1. The SMILES string of the molecule is Cc1nc(NC(=O)Nc2ccccc2)sc1C(=O)NCCc1ccc(Cl)cc1. The molecule has 3 aromatic rings. The highest BCUT2D eigenvalue weighted by Crippen LogP contribution is 2.22. The molecule has 0 fully saturated rings. The van der Waals surface area contributed by atoms with E-state index in [1.54, 1.807) is 19.1 Å². The van der Waals surface area contributed by atoms with Gasteiger partial charge in [-0.25, -0.2) is 9.78 Å². The van der Waals surface area contributed by atoms with Gasteiger partial charge < -0.3 is 10.6 Å². The van der Waals surface area contributed by atoms with E-state index in [1.807, 2.05) is 42.5 Å². The van der Waals surface area contributed by atoms with Crippen molar-refractivity contribution >= 4 is 45.7 Å². The van der Waals surface area contributed by atoms with Crippen molar-refractivity contribution in [3.8, 4) is 0 Å². The monoisotopic (exact) mass is 414 g/mol. The number of carbonyl (C=O) groups is 2. The van der Waals surface area contributed by atoms with E-state index in [0.717, 1.165) is 16.9 Å². The first kappa shape index (κ1) is 19.9. The number of benzene rings is 2. The Morgan fingerprint density at radius 3 is 2.46 bits per heavy atom. The van der Waals surface area contributed by atoms with Gasteiger partial charge in [0.2, 0.25) is 0 Å². The van der Waals surface area contributed by atoms with Gasteiger partial charge >= 0.3 is 6.03 Å². The van der Waals surface area contributed by atoms with Crippen LogP contribution in [0.2, 0.25) is 5.02 Å². The molecule has 3 rings (SSSR count). The molecule has 0 saturated heterocycles. The van der Waals surface area contributed by atoms with Crippen LogP contribution in [0, 0.1) is 6.92 Å². The average molecular weight is 415 g/mol. The normalized spacial score (nSPS) is 10.4. The van der Waals surface area contributed by atoms with Crippen molar-refractivity contribution in [3.05, 3.63) is 75.8 Å². The van der Waals surface area contributed by atoms with Crippen LogP contribution in [0.5, 0.6) is 0 Å². The summed E-state index contributed by atoms with van der Waals surface area (Å²) >= 11 is 7.01. The van der Waals surface area contributed by atoms with Gasteiger partial charge in [-0.15, -0.1) is 0 Å². The number of thiazole rings is 1. The Kier molecular flexibility index (Phi) is 6.62. The van der Waals surface area contributed by atoms with Crippen molar-refractivity contribution in [2.24, 2.45) is 0 Å². The molecule has 0 saturated carbocycles. The molecule has 2 aromatic carbocycles. The number of para-hydroxylation sites is 1. The fourth-order valence-corrected chi connectivity index (χ4v) is 3.50. The zero-order valence-electron chi connectivity index (χ0n) is 15.2. The molecular weight excluding hydrogens is 396 g/mol. The summed E-state index contributed by atoms with van der Waals surface area (Å²) in [5.41, 5.74) is 2.34. The van der Waals surface area contributed by atoms with E-state index in [1.165, 1.54) is 0 Å². The summed E-state index contributed by atoms with van der Waals surface area (Å²) in [5.74, 6) is -0.208. The standard InChI is InChI=1S/C20H19ClN4O2S/c1-13-17(18(26)22-12-11-14-7-9-15(21)10-8-14)28-20(23-13)25-19(27)24-16-5-3-2-4-6-16/h2-10H,11-12H2,1H3,(H,22,26)(H2,23,24,25,27). The number of halogens is 1. The Morgan fingerprint density at radius 1 is 1.04 bits per heavy atom. The average Bonchev–Trinajstić information content (AvgIpc) is 3.04. The topological polar surface area (TPSA) is 83.1 Å². The van der Waals surface area contributed by atoms with Gasteiger partial charge in [-0.1, -0.05) is 53.3 Å². The minimum atomic E-state index is -0.408. The predicted molar refractivity (Wildman–Crippen MR) is 113 cm³/mol. The van der Waals surface area contributed by atoms with E-state index < -0.39 is 6.03 Å². The second-order valence-corrected chi connectivity index (χ2v) is 7.45. The fraction of sp³-hybridized carbons (Fsp3) is 0.150. The van der Waals surface area contributed by atoms with Crippen molar-refractivity contribution in [2.45, 2.75) is 13.3 Å². The molecule has 1 aromatic heterocycles. The zero-order valence-corrected chi connectivity index (χ0v) is 16.7. The largest absolute Gasteiger partial charge is 0.351 e. The Bertz CT molecular complexity index is 958. The Morgan fingerprint density at radius 2 is 1.75 bits per heavy atom. The maximum Gasteiger partial charge on any atom is 0.325 e. The van der Waals surface area contributed by atoms with Gasteiger partial charge in [0.15, 0.2) is 5.13 Å². The summed E-state index contributed by atoms with van der Waals surface area (Å²) in [6.45, 7) is 2.24. The summed E-state index contributed by atoms with van der Waals surface area (Å²) in [7, 11) is 0. The number of rotatable bonds is 6. The highest BCUT2D eigenvalue weighted by molar-refractivity contribution is 7.17. The number of anilines is 2. The number of urea groups is 1. The van der Waals surface area contributed by atoms with Crippen molar-refractivity contribution in [1.29, 1.82) is 0 Å². The summed E-state index contributed by atoms with van der Waals surface area (Å²) < 4.78 is 0. The molecule has 3 N–H and O–H groups in total. The molecule has 0 aliphatic heterocycles. The van der Waals surface area contributed by atoms with E-state index in [0.29, 0.717) is 39.4 Å². The van der Waals surface area contributed by atoms with E-state index in [4.69, 9.17) is 11.6 Å². The lowest BCUT2D eigenvalue weighted by Gasteiger charge is -2.05. The van der Waals surface area contributed by atoms with E-state index in [-0.39, 0.29) is 5.91 Å². The number of aromatic nitrogens is 1. The van der Waals surface area contributed by atoms with Crippen molar-refractivity contribution in [3.63, 3.8) is 0 Å². The van der Waals surface area contributed by atoms with Gasteiger partial charge in [-0.2, -0.15) is 0 Å². The molecule has 6 nitrogen and oxygen atoms in total. The smallest absolute Gasteiger partial charge is 0.325 e. The highest BCUT2D eigenvalue weighted by Gasteiger charge is 2.16. The number of nitrogens with one attached hydrogen (secondary N) is 3. The Hall–Kier alpha value is -2.90. The lowest BCUT2D eigenvalue weighted by Crippen LogP contribution is -2.25. The van der Waals surface area contributed by atoms with Crippen molar-refractivity contribution in [2.75, 3.05) is 17.2 Å². The third-order valence-corrected chi connectivity index (χ3v) is 5.19. The van der Waals surface area contributed by atoms with Crippen molar-refractivity contribution in [1.82, 2.24) is 10.3 Å². The van der Waals surface area contributed by atoms with Crippen LogP contribution in [0.1, 0.15) is 20.9 Å². The number of aryl methyl sites for hydroxylation is 1. The second kappa shape index (κ2) is 9.34. The maximum absolute atomic E-state index is 12.4. The van der Waals surface area contributed by atoms with Gasteiger partial charge in [0, 0.05) is 17.3 Å². The third kappa shape index (κ3) is 5.55. The number of amides is 3. The van der Waals surface area contributed by atoms with Crippen LogP contribution in [0.15, 0.2) is 54.6 Å². The molecule has 8 heteroatoms. The van der Waals surface area contributed by atoms with Gasteiger partial charge in [-0.3, -0.25) is 10.1 Å². The first-order valence-electron chi connectivity index (χ1n) is 8.64. The minimum Gasteiger partial charge on any atom is -0.351 e. The molecule has 0 spiro atoms. The molecule has 0 radical (unpaired) electrons. The van der Waals surface area contributed by atoms with Gasteiger partial charge in [0.05, 0.1) is 5.69 Å². The van der Waals surface area contributed by atoms with Crippen LogP contribution in [-0.4, -0.2) is 23.5 Å². The molecule has 1 heterocycles. The van der Waals surface area contributed by atoms with Crippen LogP contribution < -0.4 is 16.0 Å². The maximum atomic E-state index is 12.4. The third-order valence-electron chi connectivity index (χ3n) is 3.87. The van der Waals surface area contributed by atoms with Crippen LogP contribution in [0.25, 0.3) is 0 Å². The van der Waals surface area contributed by atoms with Crippen LogP contribution in [0.4, 0.5) is 15.6 Å². The number of hydrogen-bond donors (Lipinski definition) is 3. The molecule has 0 aliphatic rings. The van der Waals surface area contributed by atoms with Crippen LogP contribution >= 0.6 is 22.9 Å². The highest BCUT2D eigenvalue weighted by atomic mass is 35.5. The Labute approximate surface area is 172 Å². The van der Waals surface area contributed by atoms with E-state index >= 15 is 0 Å². The van der Waals surface area contributed by atoms with E-state index in [2.05, 4.69) is 20.9 Å². The summed E-state index contributed by atoms with van der Waals surface area (Å²) in [4.78, 5) is 29.2. The molecular formula is C20H19ClN4O2S. The minimum absolute atomic E-state index is 0.208. The van der Waals surface area contributed by atoms with Gasteiger partial charge in [-0.05, 0) is 43.2 Å². The Balaban J connectivity index is 1.53. The molecule has 0 atom stereocenters.